The molecule has 0 fully saturated rings. The second-order valence-corrected chi connectivity index (χ2v) is 5.59. The Bertz CT molecular complexity index is 735. The van der Waals surface area contributed by atoms with Crippen LogP contribution in [0.5, 0.6) is 5.75 Å². The Labute approximate surface area is 159 Å². The van der Waals surface area contributed by atoms with E-state index in [1.54, 1.807) is 7.11 Å². The predicted molar refractivity (Wildman–Crippen MR) is 104 cm³/mol. The zero-order valence-electron chi connectivity index (χ0n) is 14.8. The minimum Gasteiger partial charge on any atom is -0.496 e. The van der Waals surface area contributed by atoms with Gasteiger partial charge in [0.05, 0.1) is 26.2 Å². The monoisotopic (exact) mass is 377 g/mol. The van der Waals surface area contributed by atoms with E-state index in [9.17, 15) is 9.59 Å². The molecule has 0 heterocycles. The first-order chi connectivity index (χ1) is 12.0. The lowest BCUT2D eigenvalue weighted by atomic mass is 10.0. The van der Waals surface area contributed by atoms with Crippen molar-refractivity contribution in [1.82, 2.24) is 10.6 Å². The Kier molecular flexibility index (Phi) is 8.61. The number of ether oxygens (including phenoxy) is 1. The SMILES string of the molecule is COc1ccccc1-c1ccc(C(C)NC(=O)CNC(=O)CN)cc1.Cl. The average molecular weight is 378 g/mol. The molecule has 7 heteroatoms. The van der Waals surface area contributed by atoms with E-state index in [1.807, 2.05) is 55.5 Å². The Hall–Kier alpha value is -2.57. The quantitative estimate of drug-likeness (QED) is 0.688. The Morgan fingerprint density at radius 3 is 2.35 bits per heavy atom. The number of benzene rings is 2. The first kappa shape index (κ1) is 21.5. The average Bonchev–Trinajstić information content (AvgIpc) is 2.66. The molecule has 0 saturated carbocycles. The molecule has 0 aliphatic rings. The number of amides is 2. The molecule has 0 aliphatic heterocycles. The molecule has 4 N–H and O–H groups in total. The highest BCUT2D eigenvalue weighted by atomic mass is 35.5. The van der Waals surface area contributed by atoms with Crippen LogP contribution >= 0.6 is 12.4 Å². The number of halogens is 1. The summed E-state index contributed by atoms with van der Waals surface area (Å²) in [5.74, 6) is 0.194. The van der Waals surface area contributed by atoms with Crippen molar-refractivity contribution in [2.75, 3.05) is 20.2 Å². The van der Waals surface area contributed by atoms with E-state index in [4.69, 9.17) is 10.5 Å². The third kappa shape index (κ3) is 5.75. The molecule has 2 aromatic rings. The smallest absolute Gasteiger partial charge is 0.239 e. The van der Waals surface area contributed by atoms with Gasteiger partial charge in [-0.25, -0.2) is 0 Å². The van der Waals surface area contributed by atoms with E-state index in [0.717, 1.165) is 22.4 Å². The molecule has 0 saturated heterocycles. The summed E-state index contributed by atoms with van der Waals surface area (Å²) in [6.45, 7) is 1.67. The van der Waals surface area contributed by atoms with E-state index >= 15 is 0 Å². The second-order valence-electron chi connectivity index (χ2n) is 5.59. The molecule has 0 aromatic heterocycles. The predicted octanol–water partition coefficient (Wildman–Crippen LogP) is 2.04. The summed E-state index contributed by atoms with van der Waals surface area (Å²) in [6.07, 6.45) is 0. The minimum absolute atomic E-state index is 0. The number of hydrogen-bond acceptors (Lipinski definition) is 4. The highest BCUT2D eigenvalue weighted by Crippen LogP contribution is 2.30. The maximum absolute atomic E-state index is 11.8. The molecule has 26 heavy (non-hydrogen) atoms. The molecular weight excluding hydrogens is 354 g/mol. The van der Waals surface area contributed by atoms with Crippen molar-refractivity contribution in [1.29, 1.82) is 0 Å². The Morgan fingerprint density at radius 1 is 1.08 bits per heavy atom. The third-order valence-corrected chi connectivity index (χ3v) is 3.84. The first-order valence-corrected chi connectivity index (χ1v) is 8.04. The maximum atomic E-state index is 11.8. The van der Waals surface area contributed by atoms with Gasteiger partial charge in [0.1, 0.15) is 5.75 Å². The van der Waals surface area contributed by atoms with Crippen LogP contribution in [0.3, 0.4) is 0 Å². The standard InChI is InChI=1S/C19H23N3O3.ClH/c1-13(22-19(24)12-21-18(23)11-20)14-7-9-15(10-8-14)16-5-3-4-6-17(16)25-2;/h3-10,13H,11-12,20H2,1-2H3,(H,21,23)(H,22,24);1H. The van der Waals surface area contributed by atoms with E-state index < -0.39 is 0 Å². The van der Waals surface area contributed by atoms with Crippen LogP contribution in [0.15, 0.2) is 48.5 Å². The van der Waals surface area contributed by atoms with Gasteiger partial charge in [0, 0.05) is 5.56 Å². The van der Waals surface area contributed by atoms with Gasteiger partial charge >= 0.3 is 0 Å². The van der Waals surface area contributed by atoms with Crippen molar-refractivity contribution < 1.29 is 14.3 Å². The third-order valence-electron chi connectivity index (χ3n) is 3.84. The Balaban J connectivity index is 0.00000338. The summed E-state index contributed by atoms with van der Waals surface area (Å²) in [7, 11) is 1.65. The van der Waals surface area contributed by atoms with Crippen molar-refractivity contribution in [2.24, 2.45) is 5.73 Å². The number of carbonyl (C=O) groups is 2. The van der Waals surface area contributed by atoms with Gasteiger partial charge in [-0.15, -0.1) is 12.4 Å². The maximum Gasteiger partial charge on any atom is 0.239 e. The number of methoxy groups -OCH3 is 1. The zero-order valence-corrected chi connectivity index (χ0v) is 15.6. The van der Waals surface area contributed by atoms with Crippen molar-refractivity contribution in [3.8, 4) is 16.9 Å². The van der Waals surface area contributed by atoms with Crippen LogP contribution in [-0.4, -0.2) is 32.0 Å². The van der Waals surface area contributed by atoms with Crippen molar-refractivity contribution in [3.05, 3.63) is 54.1 Å². The van der Waals surface area contributed by atoms with E-state index in [-0.39, 0.29) is 43.4 Å². The number of carbonyl (C=O) groups excluding carboxylic acids is 2. The van der Waals surface area contributed by atoms with Gasteiger partial charge in [0.15, 0.2) is 0 Å². The highest BCUT2D eigenvalue weighted by molar-refractivity contribution is 5.86. The van der Waals surface area contributed by atoms with E-state index in [1.165, 1.54) is 0 Å². The lowest BCUT2D eigenvalue weighted by molar-refractivity contribution is -0.125. The van der Waals surface area contributed by atoms with Crippen molar-refractivity contribution in [2.45, 2.75) is 13.0 Å². The van der Waals surface area contributed by atoms with Crippen LogP contribution in [0.2, 0.25) is 0 Å². The van der Waals surface area contributed by atoms with Gasteiger partial charge in [0.25, 0.3) is 0 Å². The van der Waals surface area contributed by atoms with Crippen LogP contribution in [-0.2, 0) is 9.59 Å². The normalized spacial score (nSPS) is 11.0. The van der Waals surface area contributed by atoms with Crippen molar-refractivity contribution in [3.63, 3.8) is 0 Å². The highest BCUT2D eigenvalue weighted by Gasteiger charge is 2.11. The summed E-state index contributed by atoms with van der Waals surface area (Å²) in [5.41, 5.74) is 8.20. The van der Waals surface area contributed by atoms with Gasteiger partial charge in [-0.1, -0.05) is 42.5 Å². The first-order valence-electron chi connectivity index (χ1n) is 8.04. The molecule has 2 rings (SSSR count). The van der Waals surface area contributed by atoms with Crippen LogP contribution in [0, 0.1) is 0 Å². The number of nitrogens with two attached hydrogens (primary N) is 1. The molecule has 0 spiro atoms. The number of rotatable bonds is 7. The Morgan fingerprint density at radius 2 is 1.73 bits per heavy atom. The number of hydrogen-bond donors (Lipinski definition) is 3. The van der Waals surface area contributed by atoms with E-state index in [0.29, 0.717) is 0 Å². The van der Waals surface area contributed by atoms with Crippen LogP contribution in [0.1, 0.15) is 18.5 Å². The number of para-hydroxylation sites is 1. The summed E-state index contributed by atoms with van der Waals surface area (Å²) in [5, 5.41) is 5.28. The lowest BCUT2D eigenvalue weighted by Crippen LogP contribution is -2.40. The van der Waals surface area contributed by atoms with Crippen LogP contribution in [0.4, 0.5) is 0 Å². The fourth-order valence-electron chi connectivity index (χ4n) is 2.46. The van der Waals surface area contributed by atoms with Crippen LogP contribution in [0.25, 0.3) is 11.1 Å². The minimum atomic E-state index is -0.357. The molecule has 2 aromatic carbocycles. The van der Waals surface area contributed by atoms with Gasteiger partial charge in [-0.2, -0.15) is 0 Å². The largest absolute Gasteiger partial charge is 0.496 e. The number of nitrogens with one attached hydrogen (secondary N) is 2. The molecule has 0 aliphatic carbocycles. The topological polar surface area (TPSA) is 93.5 Å². The van der Waals surface area contributed by atoms with Crippen LogP contribution < -0.4 is 21.1 Å². The summed E-state index contributed by atoms with van der Waals surface area (Å²) < 4.78 is 5.39. The zero-order chi connectivity index (χ0) is 18.2. The van der Waals surface area contributed by atoms with Gasteiger partial charge in [-0.05, 0) is 24.1 Å². The fourth-order valence-corrected chi connectivity index (χ4v) is 2.46. The van der Waals surface area contributed by atoms with Crippen molar-refractivity contribution >= 4 is 24.2 Å². The second kappa shape index (κ2) is 10.4. The molecule has 2 amide bonds. The summed E-state index contributed by atoms with van der Waals surface area (Å²) >= 11 is 0. The molecule has 140 valence electrons. The van der Waals surface area contributed by atoms with Gasteiger partial charge < -0.3 is 21.1 Å². The molecule has 0 radical (unpaired) electrons. The lowest BCUT2D eigenvalue weighted by Gasteiger charge is -2.15. The molecule has 1 atom stereocenters. The summed E-state index contributed by atoms with van der Waals surface area (Å²) in [6, 6.07) is 15.5. The molecular formula is C19H24ClN3O3. The molecule has 6 nitrogen and oxygen atoms in total. The molecule has 1 unspecified atom stereocenters. The molecule has 0 bridgehead atoms. The fraction of sp³-hybridized carbons (Fsp3) is 0.263. The van der Waals surface area contributed by atoms with Gasteiger partial charge in [0.2, 0.25) is 11.8 Å². The van der Waals surface area contributed by atoms with E-state index in [2.05, 4.69) is 10.6 Å². The summed E-state index contributed by atoms with van der Waals surface area (Å²) in [4.78, 5) is 22.9. The van der Waals surface area contributed by atoms with Gasteiger partial charge in [-0.3, -0.25) is 9.59 Å².